The predicted molar refractivity (Wildman–Crippen MR) is 101 cm³/mol. The number of carbonyl (C=O) groups is 2. The lowest BCUT2D eigenvalue weighted by Crippen LogP contribution is -2.46. The van der Waals surface area contributed by atoms with Crippen molar-refractivity contribution in [2.45, 2.75) is 38.1 Å². The van der Waals surface area contributed by atoms with Crippen molar-refractivity contribution in [1.29, 1.82) is 0 Å². The molecule has 0 aromatic heterocycles. The second kappa shape index (κ2) is 7.32. The summed E-state index contributed by atoms with van der Waals surface area (Å²) in [4.78, 5) is 27.0. The molecule has 0 unspecified atom stereocenters. The highest BCUT2D eigenvalue weighted by molar-refractivity contribution is 5.95. The SMILES string of the molecule is O=C(NC1CCN(C(=O)c2ccc3c(c2)CCC3)CC1)c1ccccc1. The second-order valence-electron chi connectivity index (χ2n) is 7.24. The van der Waals surface area contributed by atoms with Crippen molar-refractivity contribution < 1.29 is 9.59 Å². The van der Waals surface area contributed by atoms with Crippen molar-refractivity contribution in [2.24, 2.45) is 0 Å². The lowest BCUT2D eigenvalue weighted by molar-refractivity contribution is 0.0698. The van der Waals surface area contributed by atoms with Gasteiger partial charge in [0.2, 0.25) is 0 Å². The summed E-state index contributed by atoms with van der Waals surface area (Å²) in [5.74, 6) is 0.0848. The summed E-state index contributed by atoms with van der Waals surface area (Å²) in [6.45, 7) is 1.38. The minimum absolute atomic E-state index is 0.0333. The summed E-state index contributed by atoms with van der Waals surface area (Å²) in [7, 11) is 0. The maximum absolute atomic E-state index is 12.8. The van der Waals surface area contributed by atoms with E-state index in [1.54, 1.807) is 0 Å². The Morgan fingerprint density at radius 2 is 1.62 bits per heavy atom. The Morgan fingerprint density at radius 1 is 0.885 bits per heavy atom. The predicted octanol–water partition coefficient (Wildman–Crippen LogP) is 3.21. The fourth-order valence-electron chi connectivity index (χ4n) is 3.97. The molecular weight excluding hydrogens is 324 g/mol. The summed E-state index contributed by atoms with van der Waals surface area (Å²) >= 11 is 0. The van der Waals surface area contributed by atoms with Crippen LogP contribution in [0.3, 0.4) is 0 Å². The highest BCUT2D eigenvalue weighted by Crippen LogP contribution is 2.24. The molecule has 2 amide bonds. The van der Waals surface area contributed by atoms with E-state index in [4.69, 9.17) is 0 Å². The monoisotopic (exact) mass is 348 g/mol. The molecule has 26 heavy (non-hydrogen) atoms. The van der Waals surface area contributed by atoms with E-state index in [0.717, 1.165) is 31.2 Å². The number of aryl methyl sites for hydroxylation is 2. The number of carbonyl (C=O) groups excluding carboxylic acids is 2. The van der Waals surface area contributed by atoms with E-state index in [2.05, 4.69) is 17.4 Å². The highest BCUT2D eigenvalue weighted by atomic mass is 16.2. The van der Waals surface area contributed by atoms with E-state index in [1.807, 2.05) is 41.3 Å². The van der Waals surface area contributed by atoms with Crippen LogP contribution in [0.15, 0.2) is 48.5 Å². The van der Waals surface area contributed by atoms with Gasteiger partial charge in [-0.25, -0.2) is 0 Å². The number of rotatable bonds is 3. The average Bonchev–Trinajstić information content (AvgIpc) is 3.16. The maximum atomic E-state index is 12.8. The van der Waals surface area contributed by atoms with E-state index in [1.165, 1.54) is 17.5 Å². The molecule has 0 saturated carbocycles. The maximum Gasteiger partial charge on any atom is 0.253 e. The molecule has 1 N–H and O–H groups in total. The van der Waals surface area contributed by atoms with Gasteiger partial charge in [-0.3, -0.25) is 9.59 Å². The van der Waals surface area contributed by atoms with Crippen LogP contribution in [-0.4, -0.2) is 35.8 Å². The molecule has 2 aromatic rings. The van der Waals surface area contributed by atoms with Crippen LogP contribution in [0.5, 0.6) is 0 Å². The van der Waals surface area contributed by atoms with E-state index < -0.39 is 0 Å². The molecule has 2 aromatic carbocycles. The minimum atomic E-state index is -0.0333. The number of fused-ring (bicyclic) bond motifs is 1. The molecule has 1 heterocycles. The first kappa shape index (κ1) is 16.8. The van der Waals surface area contributed by atoms with Crippen molar-refractivity contribution in [3.05, 3.63) is 70.8 Å². The zero-order valence-corrected chi connectivity index (χ0v) is 14.9. The Labute approximate surface area is 154 Å². The molecule has 0 radical (unpaired) electrons. The van der Waals surface area contributed by atoms with Crippen LogP contribution in [0.2, 0.25) is 0 Å². The van der Waals surface area contributed by atoms with E-state index in [0.29, 0.717) is 18.7 Å². The highest BCUT2D eigenvalue weighted by Gasteiger charge is 2.25. The third-order valence-electron chi connectivity index (χ3n) is 5.50. The number of nitrogens with one attached hydrogen (secondary N) is 1. The van der Waals surface area contributed by atoms with Crippen molar-refractivity contribution in [3.63, 3.8) is 0 Å². The number of hydrogen-bond donors (Lipinski definition) is 1. The van der Waals surface area contributed by atoms with Gasteiger partial charge in [-0.15, -0.1) is 0 Å². The van der Waals surface area contributed by atoms with Crippen molar-refractivity contribution >= 4 is 11.8 Å². The summed E-state index contributed by atoms with van der Waals surface area (Å²) in [6, 6.07) is 15.6. The summed E-state index contributed by atoms with van der Waals surface area (Å²) in [5.41, 5.74) is 4.21. The molecule has 0 atom stereocenters. The van der Waals surface area contributed by atoms with Crippen LogP contribution >= 0.6 is 0 Å². The Balaban J connectivity index is 1.33. The van der Waals surface area contributed by atoms with Gasteiger partial charge >= 0.3 is 0 Å². The second-order valence-corrected chi connectivity index (χ2v) is 7.24. The van der Waals surface area contributed by atoms with Gasteiger partial charge in [-0.05, 0) is 67.5 Å². The van der Waals surface area contributed by atoms with Crippen molar-refractivity contribution in [3.8, 4) is 0 Å². The van der Waals surface area contributed by atoms with E-state index in [9.17, 15) is 9.59 Å². The van der Waals surface area contributed by atoms with E-state index in [-0.39, 0.29) is 17.9 Å². The van der Waals surface area contributed by atoms with Gasteiger partial charge in [-0.2, -0.15) is 0 Å². The van der Waals surface area contributed by atoms with Gasteiger partial charge in [0.1, 0.15) is 0 Å². The van der Waals surface area contributed by atoms with Gasteiger partial charge in [0, 0.05) is 30.3 Å². The van der Waals surface area contributed by atoms with Crippen LogP contribution in [0.1, 0.15) is 51.1 Å². The molecule has 4 rings (SSSR count). The molecule has 2 aliphatic rings. The first-order chi connectivity index (χ1) is 12.7. The molecule has 1 aliphatic heterocycles. The lowest BCUT2D eigenvalue weighted by Gasteiger charge is -2.32. The normalized spacial score (nSPS) is 17.0. The number of nitrogens with zero attached hydrogens (tertiary/aromatic N) is 1. The van der Waals surface area contributed by atoms with Crippen molar-refractivity contribution in [1.82, 2.24) is 10.2 Å². The fraction of sp³-hybridized carbons (Fsp3) is 0.364. The molecule has 134 valence electrons. The Bertz CT molecular complexity index is 808. The molecule has 4 heteroatoms. The first-order valence-corrected chi connectivity index (χ1v) is 9.48. The Kier molecular flexibility index (Phi) is 4.74. The van der Waals surface area contributed by atoms with Gasteiger partial charge in [0.15, 0.2) is 0 Å². The largest absolute Gasteiger partial charge is 0.349 e. The quantitative estimate of drug-likeness (QED) is 0.926. The van der Waals surface area contributed by atoms with Gasteiger partial charge in [0.25, 0.3) is 11.8 Å². The van der Waals surface area contributed by atoms with Crippen LogP contribution in [-0.2, 0) is 12.8 Å². The van der Waals surface area contributed by atoms with Crippen LogP contribution < -0.4 is 5.32 Å². The first-order valence-electron chi connectivity index (χ1n) is 9.48. The summed E-state index contributed by atoms with van der Waals surface area (Å²) in [6.07, 6.45) is 5.02. The molecule has 0 bridgehead atoms. The van der Waals surface area contributed by atoms with Gasteiger partial charge in [0.05, 0.1) is 0 Å². The molecule has 1 fully saturated rings. The Morgan fingerprint density at radius 3 is 2.38 bits per heavy atom. The molecular formula is C22H24N2O2. The number of likely N-dealkylation sites (tertiary alicyclic amines) is 1. The fourth-order valence-corrected chi connectivity index (χ4v) is 3.97. The summed E-state index contributed by atoms with van der Waals surface area (Å²) < 4.78 is 0. The van der Waals surface area contributed by atoms with Gasteiger partial charge < -0.3 is 10.2 Å². The molecule has 1 aliphatic carbocycles. The third kappa shape index (κ3) is 3.50. The Hall–Kier alpha value is -2.62. The third-order valence-corrected chi connectivity index (χ3v) is 5.50. The molecule has 0 spiro atoms. The average molecular weight is 348 g/mol. The van der Waals surface area contributed by atoms with Crippen LogP contribution in [0.4, 0.5) is 0 Å². The van der Waals surface area contributed by atoms with Crippen molar-refractivity contribution in [2.75, 3.05) is 13.1 Å². The number of hydrogen-bond acceptors (Lipinski definition) is 2. The van der Waals surface area contributed by atoms with Crippen LogP contribution in [0, 0.1) is 0 Å². The molecule has 1 saturated heterocycles. The van der Waals surface area contributed by atoms with E-state index >= 15 is 0 Å². The number of piperidine rings is 1. The smallest absolute Gasteiger partial charge is 0.253 e. The zero-order chi connectivity index (χ0) is 17.9. The number of amides is 2. The summed E-state index contributed by atoms with van der Waals surface area (Å²) in [5, 5.41) is 3.09. The number of benzene rings is 2. The minimum Gasteiger partial charge on any atom is -0.349 e. The lowest BCUT2D eigenvalue weighted by atomic mass is 10.0. The van der Waals surface area contributed by atoms with Crippen LogP contribution in [0.25, 0.3) is 0 Å². The molecule has 4 nitrogen and oxygen atoms in total. The topological polar surface area (TPSA) is 49.4 Å². The van der Waals surface area contributed by atoms with Gasteiger partial charge in [-0.1, -0.05) is 24.3 Å². The zero-order valence-electron chi connectivity index (χ0n) is 14.9. The standard InChI is InChI=1S/C22H24N2O2/c25-21(17-5-2-1-3-6-17)23-20-11-13-24(14-12-20)22(26)19-10-9-16-7-4-8-18(16)15-19/h1-3,5-6,9-10,15,20H,4,7-8,11-14H2,(H,23,25).